The minimum atomic E-state index is -0.528. The van der Waals surface area contributed by atoms with E-state index >= 15 is 0 Å². The summed E-state index contributed by atoms with van der Waals surface area (Å²) >= 11 is 3.17. The van der Waals surface area contributed by atoms with E-state index in [1.807, 2.05) is 0 Å². The smallest absolute Gasteiger partial charge is 0.260 e. The zero-order valence-corrected chi connectivity index (χ0v) is 15.3. The quantitative estimate of drug-likeness (QED) is 0.690. The predicted octanol–water partition coefficient (Wildman–Crippen LogP) is 4.17. The van der Waals surface area contributed by atoms with Crippen LogP contribution in [0.4, 0.5) is 8.78 Å². The van der Waals surface area contributed by atoms with Gasteiger partial charge in [0.1, 0.15) is 5.82 Å². The number of carbonyl (C=O) groups excluding carboxylic acids is 1. The average Bonchev–Trinajstić information content (AvgIpc) is 2.98. The van der Waals surface area contributed by atoms with Crippen molar-refractivity contribution in [3.05, 3.63) is 63.8 Å². The minimum Gasteiger partial charge on any atom is -0.481 e. The molecule has 1 aromatic heterocycles. The third kappa shape index (κ3) is 3.19. The lowest BCUT2D eigenvalue weighted by Gasteiger charge is -2.27. The fourth-order valence-electron chi connectivity index (χ4n) is 3.22. The second-order valence-electron chi connectivity index (χ2n) is 6.20. The molecule has 0 spiro atoms. The molecule has 4 nitrogen and oxygen atoms in total. The first-order chi connectivity index (χ1) is 12.5. The van der Waals surface area contributed by atoms with Crippen LogP contribution >= 0.6 is 15.9 Å². The molecule has 0 fully saturated rings. The molecule has 26 heavy (non-hydrogen) atoms. The molecular formula is C19H15BrF2N2O2. The molecule has 3 aromatic rings. The molecule has 0 saturated carbocycles. The van der Waals surface area contributed by atoms with Gasteiger partial charge < -0.3 is 14.6 Å². The molecule has 0 aliphatic carbocycles. The first-order valence-electron chi connectivity index (χ1n) is 8.16. The van der Waals surface area contributed by atoms with Crippen LogP contribution in [0.3, 0.4) is 0 Å². The topological polar surface area (TPSA) is 45.3 Å². The fraction of sp³-hybridized carbons (Fsp3) is 0.211. The van der Waals surface area contributed by atoms with Crippen LogP contribution in [0.2, 0.25) is 0 Å². The number of fused-ring (bicyclic) bond motifs is 3. The molecule has 0 unspecified atom stereocenters. The van der Waals surface area contributed by atoms with Gasteiger partial charge in [0.25, 0.3) is 5.91 Å². The zero-order valence-electron chi connectivity index (χ0n) is 13.7. The molecule has 1 aliphatic heterocycles. The molecule has 2 heterocycles. The van der Waals surface area contributed by atoms with E-state index in [1.165, 1.54) is 24.3 Å². The summed E-state index contributed by atoms with van der Waals surface area (Å²) in [4.78, 5) is 17.4. The number of aromatic nitrogens is 1. The maximum Gasteiger partial charge on any atom is 0.260 e. The monoisotopic (exact) mass is 420 g/mol. The van der Waals surface area contributed by atoms with Gasteiger partial charge in [-0.05, 0) is 36.4 Å². The number of carbonyl (C=O) groups is 1. The van der Waals surface area contributed by atoms with Crippen LogP contribution in [-0.2, 0) is 17.8 Å². The van der Waals surface area contributed by atoms with E-state index in [9.17, 15) is 13.6 Å². The highest BCUT2D eigenvalue weighted by Gasteiger charge is 2.24. The second kappa shape index (κ2) is 6.72. The van der Waals surface area contributed by atoms with Crippen molar-refractivity contribution in [1.82, 2.24) is 9.88 Å². The SMILES string of the molecule is O=C(COc1ccc(Br)cc1F)N1CCc2[nH]c3ccc(F)cc3c2C1. The molecule has 7 heteroatoms. The van der Waals surface area contributed by atoms with Gasteiger partial charge in [0, 0.05) is 46.1 Å². The van der Waals surface area contributed by atoms with Gasteiger partial charge in [0.05, 0.1) is 0 Å². The Bertz CT molecular complexity index is 1000. The lowest BCUT2D eigenvalue weighted by atomic mass is 10.0. The van der Waals surface area contributed by atoms with E-state index in [-0.39, 0.29) is 24.1 Å². The summed E-state index contributed by atoms with van der Waals surface area (Å²) in [5.41, 5.74) is 2.81. The number of rotatable bonds is 3. The van der Waals surface area contributed by atoms with Crippen molar-refractivity contribution in [3.8, 4) is 5.75 Å². The third-order valence-corrected chi connectivity index (χ3v) is 5.03. The maximum absolute atomic E-state index is 13.8. The number of hydrogen-bond acceptors (Lipinski definition) is 2. The van der Waals surface area contributed by atoms with Crippen molar-refractivity contribution >= 4 is 32.7 Å². The molecule has 2 aromatic carbocycles. The second-order valence-corrected chi connectivity index (χ2v) is 7.12. The highest BCUT2D eigenvalue weighted by atomic mass is 79.9. The number of aromatic amines is 1. The molecule has 1 aliphatic rings. The standard InChI is InChI=1S/C19H15BrF2N2O2/c20-11-1-4-18(15(22)7-11)26-10-19(25)24-6-5-17-14(9-24)13-8-12(21)2-3-16(13)23-17/h1-4,7-8,23H,5-6,9-10H2. The predicted molar refractivity (Wildman–Crippen MR) is 97.0 cm³/mol. The van der Waals surface area contributed by atoms with Crippen molar-refractivity contribution in [1.29, 1.82) is 0 Å². The van der Waals surface area contributed by atoms with Crippen LogP contribution in [0, 0.1) is 11.6 Å². The minimum absolute atomic E-state index is 0.0356. The maximum atomic E-state index is 13.8. The van der Waals surface area contributed by atoms with Gasteiger partial charge in [-0.1, -0.05) is 15.9 Å². The van der Waals surface area contributed by atoms with Crippen molar-refractivity contribution in [2.75, 3.05) is 13.2 Å². The normalized spacial score (nSPS) is 13.7. The van der Waals surface area contributed by atoms with E-state index in [4.69, 9.17) is 4.74 Å². The Balaban J connectivity index is 1.48. The molecule has 134 valence electrons. The molecular weight excluding hydrogens is 406 g/mol. The van der Waals surface area contributed by atoms with Crippen molar-refractivity contribution in [2.24, 2.45) is 0 Å². The molecule has 1 amide bonds. The Kier molecular flexibility index (Phi) is 4.40. The summed E-state index contributed by atoms with van der Waals surface area (Å²) < 4.78 is 33.3. The number of benzene rings is 2. The number of nitrogens with one attached hydrogen (secondary N) is 1. The molecule has 0 radical (unpaired) electrons. The van der Waals surface area contributed by atoms with E-state index in [1.54, 1.807) is 17.0 Å². The van der Waals surface area contributed by atoms with Gasteiger partial charge in [0.15, 0.2) is 18.2 Å². The van der Waals surface area contributed by atoms with Gasteiger partial charge in [-0.3, -0.25) is 4.79 Å². The zero-order chi connectivity index (χ0) is 18.3. The molecule has 0 atom stereocenters. The highest BCUT2D eigenvalue weighted by molar-refractivity contribution is 9.10. The van der Waals surface area contributed by atoms with Crippen LogP contribution in [0.25, 0.3) is 10.9 Å². The third-order valence-electron chi connectivity index (χ3n) is 4.54. The Morgan fingerprint density at radius 2 is 2.08 bits per heavy atom. The van der Waals surface area contributed by atoms with Crippen molar-refractivity contribution < 1.29 is 18.3 Å². The number of hydrogen-bond donors (Lipinski definition) is 1. The first-order valence-corrected chi connectivity index (χ1v) is 8.95. The first kappa shape index (κ1) is 17.0. The van der Waals surface area contributed by atoms with E-state index in [0.717, 1.165) is 22.2 Å². The summed E-state index contributed by atoms with van der Waals surface area (Å²) in [6, 6.07) is 9.00. The van der Waals surface area contributed by atoms with Gasteiger partial charge in [-0.15, -0.1) is 0 Å². The van der Waals surface area contributed by atoms with E-state index < -0.39 is 5.82 Å². The number of H-pyrrole nitrogens is 1. The van der Waals surface area contributed by atoms with Crippen LogP contribution in [0.5, 0.6) is 5.75 Å². The average molecular weight is 421 g/mol. The number of ether oxygens (including phenoxy) is 1. The molecule has 4 rings (SSSR count). The Labute approximate surface area is 156 Å². The summed E-state index contributed by atoms with van der Waals surface area (Å²) in [6.07, 6.45) is 0.657. The van der Waals surface area contributed by atoms with Crippen LogP contribution < -0.4 is 4.74 Å². The number of halogens is 3. The van der Waals surface area contributed by atoms with Crippen LogP contribution in [0.15, 0.2) is 40.9 Å². The Hall–Kier alpha value is -2.41. The van der Waals surface area contributed by atoms with Gasteiger partial charge in [-0.2, -0.15) is 0 Å². The largest absolute Gasteiger partial charge is 0.481 e. The Morgan fingerprint density at radius 3 is 2.88 bits per heavy atom. The van der Waals surface area contributed by atoms with E-state index in [2.05, 4.69) is 20.9 Å². The van der Waals surface area contributed by atoms with Crippen molar-refractivity contribution in [3.63, 3.8) is 0 Å². The number of amides is 1. The van der Waals surface area contributed by atoms with Crippen LogP contribution in [0.1, 0.15) is 11.3 Å². The summed E-state index contributed by atoms with van der Waals surface area (Å²) in [5.74, 6) is -1.03. The lowest BCUT2D eigenvalue weighted by Crippen LogP contribution is -2.38. The fourth-order valence-corrected chi connectivity index (χ4v) is 3.56. The summed E-state index contributed by atoms with van der Waals surface area (Å²) in [6.45, 7) is 0.668. The van der Waals surface area contributed by atoms with Crippen molar-refractivity contribution in [2.45, 2.75) is 13.0 Å². The molecule has 1 N–H and O–H groups in total. The lowest BCUT2D eigenvalue weighted by molar-refractivity contribution is -0.134. The summed E-state index contributed by atoms with van der Waals surface area (Å²) in [5, 5.41) is 0.789. The van der Waals surface area contributed by atoms with Gasteiger partial charge in [-0.25, -0.2) is 8.78 Å². The molecule has 0 bridgehead atoms. The molecule has 0 saturated heterocycles. The van der Waals surface area contributed by atoms with Gasteiger partial charge in [0.2, 0.25) is 0 Å². The highest BCUT2D eigenvalue weighted by Crippen LogP contribution is 2.28. The van der Waals surface area contributed by atoms with E-state index in [0.29, 0.717) is 24.0 Å². The van der Waals surface area contributed by atoms with Gasteiger partial charge >= 0.3 is 0 Å². The summed E-state index contributed by atoms with van der Waals surface area (Å²) in [7, 11) is 0. The number of nitrogens with zero attached hydrogens (tertiary/aromatic N) is 1. The van der Waals surface area contributed by atoms with Crippen LogP contribution in [-0.4, -0.2) is 28.9 Å². The Morgan fingerprint density at radius 1 is 1.23 bits per heavy atom.